The highest BCUT2D eigenvalue weighted by atomic mass is 15.1. The maximum Gasteiger partial charge on any atom is 0.221 e. The molecular formula is C7H8N6. The molecule has 0 aliphatic carbocycles. The van der Waals surface area contributed by atoms with Gasteiger partial charge in [-0.1, -0.05) is 0 Å². The van der Waals surface area contributed by atoms with Crippen LogP contribution in [0.2, 0.25) is 0 Å². The summed E-state index contributed by atoms with van der Waals surface area (Å²) in [5.74, 6) is 0.512. The number of aromatic amines is 1. The number of rotatable bonds is 1. The van der Waals surface area contributed by atoms with Gasteiger partial charge in [-0.2, -0.15) is 10.1 Å². The second kappa shape index (κ2) is 2.74. The molecule has 0 aromatic carbocycles. The molecule has 2 aromatic rings. The molecule has 13 heavy (non-hydrogen) atoms. The van der Waals surface area contributed by atoms with Gasteiger partial charge < -0.3 is 11.5 Å². The fraction of sp³-hybridized carbons (Fsp3) is 0. The first-order chi connectivity index (χ1) is 6.27. The lowest BCUT2D eigenvalue weighted by molar-refractivity contribution is 1.09. The first-order valence-corrected chi connectivity index (χ1v) is 3.65. The Morgan fingerprint density at radius 1 is 1.31 bits per heavy atom. The Morgan fingerprint density at radius 2 is 2.15 bits per heavy atom. The van der Waals surface area contributed by atoms with Crippen LogP contribution in [-0.2, 0) is 0 Å². The molecule has 0 radical (unpaired) electrons. The van der Waals surface area contributed by atoms with Crippen molar-refractivity contribution in [2.45, 2.75) is 0 Å². The lowest BCUT2D eigenvalue weighted by Crippen LogP contribution is -2.01. The molecular weight excluding hydrogens is 168 g/mol. The predicted molar refractivity (Wildman–Crippen MR) is 48.4 cm³/mol. The minimum absolute atomic E-state index is 0.167. The SMILES string of the molecule is Nc1ncc(-c2ccn[nH]2)c(N)n1. The molecule has 0 spiro atoms. The zero-order chi connectivity index (χ0) is 9.26. The minimum Gasteiger partial charge on any atom is -0.383 e. The van der Waals surface area contributed by atoms with Crippen LogP contribution < -0.4 is 11.5 Å². The van der Waals surface area contributed by atoms with Gasteiger partial charge in [0.05, 0.1) is 11.3 Å². The van der Waals surface area contributed by atoms with E-state index in [1.165, 1.54) is 0 Å². The monoisotopic (exact) mass is 176 g/mol. The topological polar surface area (TPSA) is 106 Å². The summed E-state index contributed by atoms with van der Waals surface area (Å²) in [6.07, 6.45) is 3.19. The van der Waals surface area contributed by atoms with Gasteiger partial charge in [-0.15, -0.1) is 0 Å². The van der Waals surface area contributed by atoms with E-state index in [1.807, 2.05) is 0 Å². The highest BCUT2D eigenvalue weighted by Gasteiger charge is 2.05. The summed E-state index contributed by atoms with van der Waals surface area (Å²) in [6.45, 7) is 0. The Bertz CT molecular complexity index is 407. The molecule has 2 aromatic heterocycles. The molecule has 6 heteroatoms. The molecule has 0 amide bonds. The Hall–Kier alpha value is -2.11. The average Bonchev–Trinajstić information content (AvgIpc) is 2.56. The first-order valence-electron chi connectivity index (χ1n) is 3.65. The van der Waals surface area contributed by atoms with Gasteiger partial charge in [-0.05, 0) is 6.07 Å². The second-order valence-electron chi connectivity index (χ2n) is 2.50. The average molecular weight is 176 g/mol. The van der Waals surface area contributed by atoms with Crippen molar-refractivity contribution >= 4 is 11.8 Å². The molecule has 0 unspecified atom stereocenters. The summed E-state index contributed by atoms with van der Waals surface area (Å²) < 4.78 is 0. The number of nitrogens with one attached hydrogen (secondary N) is 1. The Kier molecular flexibility index (Phi) is 1.59. The van der Waals surface area contributed by atoms with Gasteiger partial charge in [0, 0.05) is 12.4 Å². The summed E-state index contributed by atoms with van der Waals surface area (Å²) in [5, 5.41) is 6.56. The molecule has 0 aliphatic heterocycles. The van der Waals surface area contributed by atoms with Gasteiger partial charge in [0.25, 0.3) is 0 Å². The van der Waals surface area contributed by atoms with Gasteiger partial charge in [0.2, 0.25) is 5.95 Å². The molecule has 0 atom stereocenters. The summed E-state index contributed by atoms with van der Waals surface area (Å²) in [5.41, 5.74) is 12.5. The molecule has 0 fully saturated rings. The standard InChI is InChI=1S/C7H8N6/c8-6-4(3-10-7(9)12-6)5-1-2-11-13-5/h1-3H,(H,11,13)(H4,8,9,10,12). The molecule has 0 bridgehead atoms. The zero-order valence-electron chi connectivity index (χ0n) is 6.73. The van der Waals surface area contributed by atoms with Crippen LogP contribution in [0.5, 0.6) is 0 Å². The van der Waals surface area contributed by atoms with E-state index in [2.05, 4.69) is 20.2 Å². The fourth-order valence-corrected chi connectivity index (χ4v) is 1.02. The second-order valence-corrected chi connectivity index (χ2v) is 2.50. The molecule has 0 saturated carbocycles. The Labute approximate surface area is 74.0 Å². The van der Waals surface area contributed by atoms with Gasteiger partial charge in [0.15, 0.2) is 0 Å². The van der Waals surface area contributed by atoms with Crippen LogP contribution in [-0.4, -0.2) is 20.2 Å². The van der Waals surface area contributed by atoms with E-state index in [0.717, 1.165) is 5.69 Å². The molecule has 6 nitrogen and oxygen atoms in total. The highest BCUT2D eigenvalue weighted by Crippen LogP contribution is 2.20. The van der Waals surface area contributed by atoms with E-state index >= 15 is 0 Å². The van der Waals surface area contributed by atoms with Crippen LogP contribution in [0.25, 0.3) is 11.3 Å². The van der Waals surface area contributed by atoms with Crippen molar-refractivity contribution in [2.75, 3.05) is 11.5 Å². The molecule has 5 N–H and O–H groups in total. The van der Waals surface area contributed by atoms with E-state index in [0.29, 0.717) is 11.4 Å². The van der Waals surface area contributed by atoms with Crippen LogP contribution in [0.4, 0.5) is 11.8 Å². The smallest absolute Gasteiger partial charge is 0.221 e. The van der Waals surface area contributed by atoms with Crippen LogP contribution in [0.15, 0.2) is 18.5 Å². The summed E-state index contributed by atoms with van der Waals surface area (Å²) in [6, 6.07) is 1.78. The molecule has 2 heterocycles. The number of nitrogens with zero attached hydrogens (tertiary/aromatic N) is 3. The third kappa shape index (κ3) is 1.28. The van der Waals surface area contributed by atoms with E-state index < -0.39 is 0 Å². The van der Waals surface area contributed by atoms with Gasteiger partial charge in [0.1, 0.15) is 5.82 Å². The Morgan fingerprint density at radius 3 is 2.77 bits per heavy atom. The van der Waals surface area contributed by atoms with Crippen molar-refractivity contribution in [3.63, 3.8) is 0 Å². The number of H-pyrrole nitrogens is 1. The minimum atomic E-state index is 0.167. The predicted octanol–water partition coefficient (Wildman–Crippen LogP) is 0.0311. The summed E-state index contributed by atoms with van der Waals surface area (Å²) >= 11 is 0. The van der Waals surface area contributed by atoms with Crippen molar-refractivity contribution in [3.05, 3.63) is 18.5 Å². The van der Waals surface area contributed by atoms with Crippen molar-refractivity contribution in [1.82, 2.24) is 20.2 Å². The van der Waals surface area contributed by atoms with Crippen molar-refractivity contribution in [2.24, 2.45) is 0 Å². The van der Waals surface area contributed by atoms with Gasteiger partial charge in [-0.25, -0.2) is 4.98 Å². The van der Waals surface area contributed by atoms with Crippen LogP contribution in [0.1, 0.15) is 0 Å². The van der Waals surface area contributed by atoms with E-state index in [-0.39, 0.29) is 5.95 Å². The maximum absolute atomic E-state index is 5.63. The number of aromatic nitrogens is 4. The molecule has 66 valence electrons. The van der Waals surface area contributed by atoms with E-state index in [4.69, 9.17) is 11.5 Å². The number of nitrogen functional groups attached to an aromatic ring is 2. The summed E-state index contributed by atoms with van der Waals surface area (Å²) in [7, 11) is 0. The zero-order valence-corrected chi connectivity index (χ0v) is 6.73. The van der Waals surface area contributed by atoms with Gasteiger partial charge in [-0.3, -0.25) is 5.10 Å². The van der Waals surface area contributed by atoms with E-state index in [9.17, 15) is 0 Å². The maximum atomic E-state index is 5.63. The van der Waals surface area contributed by atoms with Crippen LogP contribution >= 0.6 is 0 Å². The largest absolute Gasteiger partial charge is 0.383 e. The third-order valence-electron chi connectivity index (χ3n) is 1.63. The number of hydrogen-bond donors (Lipinski definition) is 3. The lowest BCUT2D eigenvalue weighted by atomic mass is 10.2. The summed E-state index contributed by atoms with van der Waals surface area (Å²) in [4.78, 5) is 7.66. The van der Waals surface area contributed by atoms with Crippen LogP contribution in [0.3, 0.4) is 0 Å². The third-order valence-corrected chi connectivity index (χ3v) is 1.63. The highest BCUT2D eigenvalue weighted by molar-refractivity contribution is 5.70. The first kappa shape index (κ1) is 7.53. The van der Waals surface area contributed by atoms with Crippen molar-refractivity contribution < 1.29 is 0 Å². The Balaban J connectivity index is 2.53. The quantitative estimate of drug-likeness (QED) is 0.568. The van der Waals surface area contributed by atoms with Gasteiger partial charge >= 0.3 is 0 Å². The number of nitrogens with two attached hydrogens (primary N) is 2. The lowest BCUT2D eigenvalue weighted by Gasteiger charge is -2.00. The number of hydrogen-bond acceptors (Lipinski definition) is 5. The fourth-order valence-electron chi connectivity index (χ4n) is 1.02. The van der Waals surface area contributed by atoms with Crippen LogP contribution in [0, 0.1) is 0 Å². The molecule has 0 saturated heterocycles. The molecule has 2 rings (SSSR count). The molecule has 0 aliphatic rings. The normalized spacial score (nSPS) is 10.2. The van der Waals surface area contributed by atoms with Crippen molar-refractivity contribution in [1.29, 1.82) is 0 Å². The van der Waals surface area contributed by atoms with Crippen molar-refractivity contribution in [3.8, 4) is 11.3 Å². The van der Waals surface area contributed by atoms with E-state index in [1.54, 1.807) is 18.5 Å². The number of anilines is 2.